The van der Waals surface area contributed by atoms with Crippen LogP contribution in [0.1, 0.15) is 350 Å². The molecule has 17 nitrogen and oxygen atoms in total. The second-order valence-corrected chi connectivity index (χ2v) is 28.8. The summed E-state index contributed by atoms with van der Waals surface area (Å²) in [6.45, 7) is 9.46. The first kappa shape index (κ1) is 86.1. The zero-order valence-electron chi connectivity index (χ0n) is 57.0. The Morgan fingerprint density at radius 3 is 0.773 bits per heavy atom. The molecule has 0 aliphatic rings. The maximum absolute atomic E-state index is 13.0. The fourth-order valence-corrected chi connectivity index (χ4v) is 12.0. The Hall–Kier alpha value is -1.94. The van der Waals surface area contributed by atoms with Crippen molar-refractivity contribution in [3.8, 4) is 0 Å². The normalized spacial score (nSPS) is 14.2. The Balaban J connectivity index is 5.23. The predicted molar refractivity (Wildman–Crippen MR) is 354 cm³/mol. The van der Waals surface area contributed by atoms with Crippen molar-refractivity contribution in [2.45, 2.75) is 368 Å². The minimum atomic E-state index is -4.95. The topological polar surface area (TPSA) is 237 Å². The molecule has 0 aromatic carbocycles. The number of hydrogen-bond donors (Lipinski definition) is 3. The summed E-state index contributed by atoms with van der Waals surface area (Å²) >= 11 is 0. The molecule has 19 heteroatoms. The number of aliphatic hydroxyl groups excluding tert-OH is 1. The zero-order chi connectivity index (χ0) is 65.0. The van der Waals surface area contributed by atoms with E-state index < -0.39 is 97.5 Å². The van der Waals surface area contributed by atoms with Crippen LogP contribution in [0.4, 0.5) is 0 Å². The molecule has 0 saturated heterocycles. The van der Waals surface area contributed by atoms with Gasteiger partial charge in [-0.15, -0.1) is 0 Å². The van der Waals surface area contributed by atoms with E-state index in [0.717, 1.165) is 95.8 Å². The van der Waals surface area contributed by atoms with Gasteiger partial charge in [0, 0.05) is 25.7 Å². The number of carbonyl (C=O) groups is 4. The highest BCUT2D eigenvalue weighted by molar-refractivity contribution is 7.47. The summed E-state index contributed by atoms with van der Waals surface area (Å²) in [7, 11) is -9.90. The third kappa shape index (κ3) is 62.8. The lowest BCUT2D eigenvalue weighted by Crippen LogP contribution is -2.30. The van der Waals surface area contributed by atoms with Crippen LogP contribution >= 0.6 is 15.6 Å². The molecule has 0 spiro atoms. The van der Waals surface area contributed by atoms with E-state index in [1.165, 1.54) is 167 Å². The zero-order valence-corrected chi connectivity index (χ0v) is 58.8. The number of phosphoric ester groups is 2. The Kier molecular flexibility index (Phi) is 59.9. The van der Waals surface area contributed by atoms with Gasteiger partial charge >= 0.3 is 39.5 Å². The van der Waals surface area contributed by atoms with Gasteiger partial charge in [0.05, 0.1) is 26.4 Å². The number of carbonyl (C=O) groups excluding carboxylic acids is 4. The molecule has 88 heavy (non-hydrogen) atoms. The summed E-state index contributed by atoms with van der Waals surface area (Å²) < 4.78 is 68.2. The average molecular weight is 1300 g/mol. The van der Waals surface area contributed by atoms with Crippen LogP contribution in [0.15, 0.2) is 0 Å². The van der Waals surface area contributed by atoms with Crippen LogP contribution in [0.5, 0.6) is 0 Å². The predicted octanol–water partition coefficient (Wildman–Crippen LogP) is 19.6. The molecule has 0 fully saturated rings. The molecule has 0 aliphatic carbocycles. The number of aliphatic hydroxyl groups is 1. The van der Waals surface area contributed by atoms with E-state index in [1.807, 2.05) is 0 Å². The maximum Gasteiger partial charge on any atom is 0.472 e. The highest BCUT2D eigenvalue weighted by Gasteiger charge is 2.30. The molecule has 522 valence electrons. The van der Waals surface area contributed by atoms with Gasteiger partial charge in [0.2, 0.25) is 0 Å². The molecule has 2 unspecified atom stereocenters. The van der Waals surface area contributed by atoms with Crippen LogP contribution in [0.25, 0.3) is 0 Å². The second kappa shape index (κ2) is 61.3. The van der Waals surface area contributed by atoms with Crippen molar-refractivity contribution in [3.63, 3.8) is 0 Å². The number of esters is 4. The van der Waals surface area contributed by atoms with Gasteiger partial charge in [-0.05, 0) is 37.5 Å². The highest BCUT2D eigenvalue weighted by atomic mass is 31.2. The van der Waals surface area contributed by atoms with Crippen LogP contribution < -0.4 is 0 Å². The molecule has 0 aliphatic heterocycles. The lowest BCUT2D eigenvalue weighted by atomic mass is 10.0. The number of ether oxygens (including phenoxy) is 4. The lowest BCUT2D eigenvalue weighted by molar-refractivity contribution is -0.161. The Labute approximate surface area is 537 Å². The number of phosphoric acid groups is 2. The molecular formula is C69H134O17P2. The smallest absolute Gasteiger partial charge is 0.462 e. The van der Waals surface area contributed by atoms with Gasteiger partial charge in [-0.3, -0.25) is 37.3 Å². The van der Waals surface area contributed by atoms with Crippen molar-refractivity contribution < 1.29 is 80.2 Å². The van der Waals surface area contributed by atoms with Gasteiger partial charge in [-0.2, -0.15) is 0 Å². The van der Waals surface area contributed by atoms with Gasteiger partial charge in [0.25, 0.3) is 0 Å². The molecule has 5 atom stereocenters. The molecule has 0 heterocycles. The van der Waals surface area contributed by atoms with Crippen molar-refractivity contribution in [1.29, 1.82) is 0 Å². The summed E-state index contributed by atoms with van der Waals surface area (Å²) in [5.74, 6) is -0.673. The fourth-order valence-electron chi connectivity index (χ4n) is 10.4. The molecule has 0 aromatic heterocycles. The molecule has 0 bridgehead atoms. The van der Waals surface area contributed by atoms with E-state index in [0.29, 0.717) is 31.6 Å². The fraction of sp³-hybridized carbons (Fsp3) is 0.942. The van der Waals surface area contributed by atoms with Gasteiger partial charge in [0.15, 0.2) is 12.2 Å². The Morgan fingerprint density at radius 2 is 0.523 bits per heavy atom. The SMILES string of the molecule is CCCCCCCCCCCCCCCCCCC(=O)O[C@H](COC(=O)CCCCCCCCCCCCC(C)C)COP(=O)(O)OC[C@@H](O)COP(=O)(O)OC[C@@H](COC(=O)CCCCCCCCCCC)OC(=O)CCCCCCCCCC(C)C. The summed E-state index contributed by atoms with van der Waals surface area (Å²) in [5.41, 5.74) is 0. The first-order chi connectivity index (χ1) is 42.4. The quantitative estimate of drug-likeness (QED) is 0.0222. The van der Waals surface area contributed by atoms with Crippen molar-refractivity contribution in [2.24, 2.45) is 11.8 Å². The molecule has 0 amide bonds. The molecule has 0 rings (SSSR count). The van der Waals surface area contributed by atoms with Gasteiger partial charge in [0.1, 0.15) is 19.3 Å². The van der Waals surface area contributed by atoms with Gasteiger partial charge in [-0.1, -0.05) is 298 Å². The highest BCUT2D eigenvalue weighted by Crippen LogP contribution is 2.45. The third-order valence-electron chi connectivity index (χ3n) is 16.0. The Morgan fingerprint density at radius 1 is 0.307 bits per heavy atom. The first-order valence-electron chi connectivity index (χ1n) is 36.0. The van der Waals surface area contributed by atoms with Crippen molar-refractivity contribution in [1.82, 2.24) is 0 Å². The second-order valence-electron chi connectivity index (χ2n) is 25.9. The minimum Gasteiger partial charge on any atom is -0.462 e. The molecule has 0 aromatic rings. The maximum atomic E-state index is 13.0. The standard InChI is InChI=1S/C69H134O17P2/c1-7-9-11-13-15-17-18-19-20-21-22-23-29-35-41-47-53-68(73)85-64(57-80-67(72)52-46-40-34-28-25-24-27-31-37-43-49-61(3)4)59-83-87(75,76)81-55-63(70)56-82-88(77,78)84-60-65(58-79-66(71)51-45-39-33-26-16-14-12-10-8-2)86-69(74)54-48-42-36-30-32-38-44-50-62(5)6/h61-65,70H,7-60H2,1-6H3,(H,75,76)(H,77,78)/t63-,64-,65-/m1/s1. The monoisotopic (exact) mass is 1300 g/mol. The van der Waals surface area contributed by atoms with Crippen molar-refractivity contribution in [3.05, 3.63) is 0 Å². The van der Waals surface area contributed by atoms with E-state index in [2.05, 4.69) is 41.5 Å². The van der Waals surface area contributed by atoms with Gasteiger partial charge in [-0.25, -0.2) is 9.13 Å². The van der Waals surface area contributed by atoms with Crippen LogP contribution in [0.3, 0.4) is 0 Å². The largest absolute Gasteiger partial charge is 0.472 e. The van der Waals surface area contributed by atoms with E-state index >= 15 is 0 Å². The van der Waals surface area contributed by atoms with Gasteiger partial charge < -0.3 is 33.8 Å². The number of unbranched alkanes of at least 4 members (excludes halogenated alkanes) is 38. The minimum absolute atomic E-state index is 0.103. The lowest BCUT2D eigenvalue weighted by Gasteiger charge is -2.21. The first-order valence-corrected chi connectivity index (χ1v) is 39.0. The van der Waals surface area contributed by atoms with Crippen LogP contribution in [-0.4, -0.2) is 96.7 Å². The molecule has 0 saturated carbocycles. The average Bonchev–Trinajstić information content (AvgIpc) is 3.64. The third-order valence-corrected chi connectivity index (χ3v) is 17.9. The van der Waals surface area contributed by atoms with E-state index in [-0.39, 0.29) is 25.7 Å². The molecule has 0 radical (unpaired) electrons. The molecular weight excluding hydrogens is 1160 g/mol. The van der Waals surface area contributed by atoms with Crippen molar-refractivity contribution in [2.75, 3.05) is 39.6 Å². The van der Waals surface area contributed by atoms with Crippen LogP contribution in [0.2, 0.25) is 0 Å². The molecule has 3 N–H and O–H groups in total. The Bertz CT molecular complexity index is 1720. The number of rotatable bonds is 68. The van der Waals surface area contributed by atoms with E-state index in [9.17, 15) is 43.2 Å². The summed E-state index contributed by atoms with van der Waals surface area (Å²) in [6.07, 6.45) is 45.9. The summed E-state index contributed by atoms with van der Waals surface area (Å²) in [5, 5.41) is 10.6. The van der Waals surface area contributed by atoms with Crippen molar-refractivity contribution >= 4 is 39.5 Å². The number of hydrogen-bond acceptors (Lipinski definition) is 15. The summed E-state index contributed by atoms with van der Waals surface area (Å²) in [6, 6.07) is 0. The van der Waals surface area contributed by atoms with E-state index in [1.54, 1.807) is 0 Å². The van der Waals surface area contributed by atoms with E-state index in [4.69, 9.17) is 37.0 Å². The summed E-state index contributed by atoms with van der Waals surface area (Å²) in [4.78, 5) is 72.4. The van der Waals surface area contributed by atoms with Crippen LogP contribution in [-0.2, 0) is 65.4 Å². The van der Waals surface area contributed by atoms with Crippen LogP contribution in [0, 0.1) is 11.8 Å².